The van der Waals surface area contributed by atoms with Crippen LogP contribution in [0.15, 0.2) is 35.4 Å². The van der Waals surface area contributed by atoms with E-state index >= 15 is 0 Å². The molecule has 3 amide bonds. The number of nitrogens with one attached hydrogen (secondary N) is 2. The van der Waals surface area contributed by atoms with Gasteiger partial charge in [-0.25, -0.2) is 18.2 Å². The Balaban J connectivity index is 1.33. The van der Waals surface area contributed by atoms with E-state index in [0.29, 0.717) is 29.8 Å². The van der Waals surface area contributed by atoms with E-state index in [1.54, 1.807) is 30.5 Å². The Morgan fingerprint density at radius 1 is 1.19 bits per heavy atom. The maximum absolute atomic E-state index is 12.8. The Morgan fingerprint density at radius 2 is 2.00 bits per heavy atom. The molecule has 31 heavy (non-hydrogen) atoms. The molecule has 0 atom stereocenters. The van der Waals surface area contributed by atoms with Gasteiger partial charge in [0.15, 0.2) is 9.84 Å². The molecule has 1 aromatic heterocycles. The van der Waals surface area contributed by atoms with Gasteiger partial charge in [-0.15, -0.1) is 0 Å². The number of H-pyrrole nitrogens is 1. The van der Waals surface area contributed by atoms with Gasteiger partial charge < -0.3 is 14.6 Å². The molecular weight excluding hydrogens is 420 g/mol. The van der Waals surface area contributed by atoms with Crippen LogP contribution in [0.3, 0.4) is 0 Å². The molecule has 0 unspecified atom stereocenters. The van der Waals surface area contributed by atoms with Gasteiger partial charge >= 0.3 is 6.03 Å². The first kappa shape index (κ1) is 21.4. The molecule has 4 rings (SSSR count). The molecule has 2 N–H and O–H groups in total. The molecule has 2 aliphatic rings. The molecule has 10 heteroatoms. The average molecular weight is 447 g/mol. The van der Waals surface area contributed by atoms with E-state index in [9.17, 15) is 18.0 Å². The van der Waals surface area contributed by atoms with Crippen molar-refractivity contribution in [2.45, 2.75) is 43.5 Å². The fourth-order valence-electron chi connectivity index (χ4n) is 3.92. The number of rotatable bonds is 9. The first-order valence-electron chi connectivity index (χ1n) is 10.5. The smallest absolute Gasteiger partial charge is 0.324 e. The number of carbonyl (C=O) groups is 2. The largest absolute Gasteiger partial charge is 0.493 e. The Hall–Kier alpha value is -2.88. The van der Waals surface area contributed by atoms with Crippen LogP contribution in [0.4, 0.5) is 4.79 Å². The third-order valence-electron chi connectivity index (χ3n) is 5.65. The molecule has 0 bridgehead atoms. The van der Waals surface area contributed by atoms with Gasteiger partial charge in [-0.05, 0) is 37.0 Å². The number of hydrogen-bond acceptors (Lipinski definition) is 6. The van der Waals surface area contributed by atoms with E-state index in [1.807, 2.05) is 0 Å². The standard InChI is InChI=1S/C21H26N4O5S/c26-20-13-25(21(27)24-20)12-19-22-11-16(23-19)8-9-31(28,29)18-7-3-6-17(10-18)30-14-15-4-1-2-5-15/h3,6-7,10-11,15H,1-2,4-5,8-9,12-14H2,(H,22,23)(H,24,26,27). The van der Waals surface area contributed by atoms with Crippen molar-refractivity contribution >= 4 is 21.8 Å². The number of imidazole rings is 1. The lowest BCUT2D eigenvalue weighted by atomic mass is 10.1. The number of amides is 3. The summed E-state index contributed by atoms with van der Waals surface area (Å²) < 4.78 is 31.4. The number of carbonyl (C=O) groups excluding carboxylic acids is 2. The molecule has 1 aliphatic carbocycles. The second-order valence-electron chi connectivity index (χ2n) is 8.07. The fourth-order valence-corrected chi connectivity index (χ4v) is 5.22. The number of aromatic nitrogens is 2. The number of ether oxygens (including phenoxy) is 1. The summed E-state index contributed by atoms with van der Waals surface area (Å²) in [4.78, 5) is 31.7. The van der Waals surface area contributed by atoms with E-state index in [1.165, 1.54) is 30.6 Å². The van der Waals surface area contributed by atoms with Crippen LogP contribution in [0.1, 0.15) is 37.2 Å². The van der Waals surface area contributed by atoms with E-state index in [2.05, 4.69) is 15.3 Å². The monoisotopic (exact) mass is 446 g/mol. The number of sulfone groups is 1. The van der Waals surface area contributed by atoms with Gasteiger partial charge in [0.2, 0.25) is 5.91 Å². The number of imide groups is 1. The van der Waals surface area contributed by atoms with Crippen LogP contribution in [0.25, 0.3) is 0 Å². The molecular formula is C21H26N4O5S. The Kier molecular flexibility index (Phi) is 6.26. The summed E-state index contributed by atoms with van der Waals surface area (Å²) in [6.07, 6.45) is 6.63. The van der Waals surface area contributed by atoms with E-state index in [-0.39, 0.29) is 36.1 Å². The number of hydrogen-bond donors (Lipinski definition) is 2. The molecule has 2 heterocycles. The summed E-state index contributed by atoms with van der Waals surface area (Å²) in [5.74, 6) is 1.20. The predicted octanol–water partition coefficient (Wildman–Crippen LogP) is 2.05. The third-order valence-corrected chi connectivity index (χ3v) is 7.37. The van der Waals surface area contributed by atoms with Crippen molar-refractivity contribution in [1.29, 1.82) is 0 Å². The molecule has 2 aromatic rings. The second kappa shape index (κ2) is 9.09. The quantitative estimate of drug-likeness (QED) is 0.569. The molecule has 0 radical (unpaired) electrons. The number of benzene rings is 1. The second-order valence-corrected chi connectivity index (χ2v) is 10.2. The lowest BCUT2D eigenvalue weighted by molar-refractivity contribution is -0.118. The van der Waals surface area contributed by atoms with Gasteiger partial charge in [-0.1, -0.05) is 18.9 Å². The molecule has 1 saturated carbocycles. The Bertz CT molecular complexity index is 1060. The van der Waals surface area contributed by atoms with Crippen molar-refractivity contribution in [3.63, 3.8) is 0 Å². The summed E-state index contributed by atoms with van der Waals surface area (Å²) >= 11 is 0. The van der Waals surface area contributed by atoms with Crippen molar-refractivity contribution in [2.75, 3.05) is 18.9 Å². The van der Waals surface area contributed by atoms with Crippen LogP contribution in [0.2, 0.25) is 0 Å². The SMILES string of the molecule is O=C1CN(Cc2ncc(CCS(=O)(=O)c3cccc(OCC4CCCC4)c3)[nH]2)C(=O)N1. The minimum Gasteiger partial charge on any atom is -0.493 e. The van der Waals surface area contributed by atoms with Crippen LogP contribution in [-0.4, -0.2) is 54.1 Å². The highest BCUT2D eigenvalue weighted by Crippen LogP contribution is 2.26. The summed E-state index contributed by atoms with van der Waals surface area (Å²) in [6.45, 7) is 0.772. The third kappa shape index (κ3) is 5.43. The van der Waals surface area contributed by atoms with Crippen LogP contribution in [0, 0.1) is 5.92 Å². The summed E-state index contributed by atoms with van der Waals surface area (Å²) in [7, 11) is -3.49. The van der Waals surface area contributed by atoms with Crippen LogP contribution in [0.5, 0.6) is 5.75 Å². The van der Waals surface area contributed by atoms with Crippen LogP contribution in [-0.2, 0) is 27.6 Å². The van der Waals surface area contributed by atoms with E-state index in [0.717, 1.165) is 0 Å². The molecule has 1 saturated heterocycles. The highest BCUT2D eigenvalue weighted by molar-refractivity contribution is 7.91. The van der Waals surface area contributed by atoms with E-state index in [4.69, 9.17) is 4.74 Å². The molecule has 2 fully saturated rings. The zero-order valence-corrected chi connectivity index (χ0v) is 18.0. The zero-order chi connectivity index (χ0) is 21.8. The van der Waals surface area contributed by atoms with Gasteiger partial charge in [-0.3, -0.25) is 10.1 Å². The lowest BCUT2D eigenvalue weighted by Gasteiger charge is -2.12. The highest BCUT2D eigenvalue weighted by atomic mass is 32.2. The normalized spacial score (nSPS) is 17.4. The maximum atomic E-state index is 12.8. The molecule has 1 aliphatic heterocycles. The lowest BCUT2D eigenvalue weighted by Crippen LogP contribution is -2.28. The van der Waals surface area contributed by atoms with Crippen LogP contribution >= 0.6 is 0 Å². The van der Waals surface area contributed by atoms with Crippen LogP contribution < -0.4 is 10.1 Å². The van der Waals surface area contributed by atoms with Gasteiger partial charge in [0, 0.05) is 18.3 Å². The van der Waals surface area contributed by atoms with E-state index < -0.39 is 15.9 Å². The van der Waals surface area contributed by atoms with Gasteiger partial charge in [-0.2, -0.15) is 0 Å². The van der Waals surface area contributed by atoms with Crippen molar-refractivity contribution in [2.24, 2.45) is 5.92 Å². The number of aryl methyl sites for hydroxylation is 1. The first-order chi connectivity index (χ1) is 14.9. The molecule has 0 spiro atoms. The summed E-state index contributed by atoms with van der Waals surface area (Å²) in [5.41, 5.74) is 0.651. The summed E-state index contributed by atoms with van der Waals surface area (Å²) in [5, 5.41) is 2.20. The summed E-state index contributed by atoms with van der Waals surface area (Å²) in [6, 6.07) is 6.20. The minimum absolute atomic E-state index is 0.0115. The zero-order valence-electron chi connectivity index (χ0n) is 17.2. The molecule has 1 aromatic carbocycles. The van der Waals surface area contributed by atoms with Gasteiger partial charge in [0.05, 0.1) is 23.8 Å². The van der Waals surface area contributed by atoms with Crippen molar-refractivity contribution in [3.05, 3.63) is 42.0 Å². The minimum atomic E-state index is -3.49. The van der Waals surface area contributed by atoms with Crippen molar-refractivity contribution < 1.29 is 22.7 Å². The maximum Gasteiger partial charge on any atom is 0.324 e. The van der Waals surface area contributed by atoms with Gasteiger partial charge in [0.1, 0.15) is 18.1 Å². The molecule has 9 nitrogen and oxygen atoms in total. The number of aromatic amines is 1. The average Bonchev–Trinajstić information content (AvgIpc) is 3.48. The van der Waals surface area contributed by atoms with Gasteiger partial charge in [0.25, 0.3) is 0 Å². The number of urea groups is 1. The predicted molar refractivity (Wildman–Crippen MR) is 112 cm³/mol. The first-order valence-corrected chi connectivity index (χ1v) is 12.1. The molecule has 166 valence electrons. The van der Waals surface area contributed by atoms with Crippen molar-refractivity contribution in [3.8, 4) is 5.75 Å². The fraction of sp³-hybridized carbons (Fsp3) is 0.476. The highest BCUT2D eigenvalue weighted by Gasteiger charge is 2.27. The topological polar surface area (TPSA) is 121 Å². The number of nitrogens with zero attached hydrogens (tertiary/aromatic N) is 2. The Labute approximate surface area is 181 Å². The van der Waals surface area contributed by atoms with Crippen molar-refractivity contribution in [1.82, 2.24) is 20.2 Å². The Morgan fingerprint density at radius 3 is 2.74 bits per heavy atom.